The summed E-state index contributed by atoms with van der Waals surface area (Å²) in [7, 11) is 2.02. The van der Waals surface area contributed by atoms with Gasteiger partial charge in [-0.05, 0) is 29.9 Å². The van der Waals surface area contributed by atoms with Crippen LogP contribution in [0.25, 0.3) is 5.65 Å². The largest absolute Gasteiger partial charge is 0.366 e. The van der Waals surface area contributed by atoms with E-state index in [1.54, 1.807) is 13.1 Å². The van der Waals surface area contributed by atoms with E-state index < -0.39 is 0 Å². The third-order valence-corrected chi connectivity index (χ3v) is 5.15. The first kappa shape index (κ1) is 17.5. The second kappa shape index (κ2) is 7.38. The zero-order valence-corrected chi connectivity index (χ0v) is 15.7. The number of pyridine rings is 1. The molecular formula is C19H23BN6O. The highest BCUT2D eigenvalue weighted by Gasteiger charge is 2.25. The third-order valence-electron chi connectivity index (χ3n) is 5.15. The van der Waals surface area contributed by atoms with Crippen LogP contribution in [-0.2, 0) is 11.3 Å². The van der Waals surface area contributed by atoms with Crippen LogP contribution in [0.1, 0.15) is 36.9 Å². The zero-order valence-electron chi connectivity index (χ0n) is 15.7. The molecule has 1 atom stereocenters. The maximum atomic E-state index is 11.8. The van der Waals surface area contributed by atoms with Crippen LogP contribution in [0.4, 0.5) is 5.82 Å². The standard InChI is InChI=1S/C19H23BN6O/c1-13(27)25-7-3-5-15(12-25)17-8-18(22-10-14-4-2-6-21-9-14)26-19(24-17)16(20)11-23-26/h2,4,6,8-9,11,15,22H,3,5,7,10,12,20H2,1H3. The normalized spacial score (nSPS) is 17.2. The number of anilines is 1. The topological polar surface area (TPSA) is 75.4 Å². The lowest BCUT2D eigenvalue weighted by atomic mass is 9.94. The molecule has 1 aliphatic rings. The molecule has 1 saturated heterocycles. The molecule has 7 nitrogen and oxygen atoms in total. The molecule has 0 spiro atoms. The molecule has 3 aromatic rings. The molecule has 4 rings (SSSR count). The lowest BCUT2D eigenvalue weighted by molar-refractivity contribution is -0.130. The molecule has 27 heavy (non-hydrogen) atoms. The number of amides is 1. The molecule has 3 aromatic heterocycles. The van der Waals surface area contributed by atoms with Crippen LogP contribution in [0, 0.1) is 0 Å². The number of carbonyl (C=O) groups is 1. The van der Waals surface area contributed by atoms with Crippen molar-refractivity contribution in [2.75, 3.05) is 18.4 Å². The van der Waals surface area contributed by atoms with Crippen LogP contribution >= 0.6 is 0 Å². The molecule has 4 heterocycles. The van der Waals surface area contributed by atoms with Crippen LogP contribution in [0.3, 0.4) is 0 Å². The molecule has 1 aliphatic heterocycles. The van der Waals surface area contributed by atoms with Crippen molar-refractivity contribution in [3.8, 4) is 0 Å². The van der Waals surface area contributed by atoms with Gasteiger partial charge in [0.15, 0.2) is 5.65 Å². The van der Waals surface area contributed by atoms with Crippen molar-refractivity contribution in [2.45, 2.75) is 32.2 Å². The molecule has 0 radical (unpaired) electrons. The van der Waals surface area contributed by atoms with E-state index in [0.29, 0.717) is 6.54 Å². The fourth-order valence-electron chi connectivity index (χ4n) is 3.63. The monoisotopic (exact) mass is 362 g/mol. The Kier molecular flexibility index (Phi) is 4.79. The quantitative estimate of drug-likeness (QED) is 0.693. The summed E-state index contributed by atoms with van der Waals surface area (Å²) < 4.78 is 1.85. The van der Waals surface area contributed by atoms with Gasteiger partial charge in [0.25, 0.3) is 0 Å². The molecule has 1 amide bonds. The SMILES string of the molecule is Bc1cnn2c(NCc3cccnc3)cc(C3CCCN(C(C)=O)C3)nc12. The molecule has 8 heteroatoms. The Balaban J connectivity index is 1.65. The third kappa shape index (κ3) is 3.65. The second-order valence-corrected chi connectivity index (χ2v) is 7.15. The number of aromatic nitrogens is 4. The van der Waals surface area contributed by atoms with Gasteiger partial charge < -0.3 is 10.2 Å². The van der Waals surface area contributed by atoms with Gasteiger partial charge in [-0.2, -0.15) is 9.61 Å². The molecule has 0 saturated carbocycles. The molecule has 1 N–H and O–H groups in total. The summed E-state index contributed by atoms with van der Waals surface area (Å²) in [6.07, 6.45) is 7.51. The van der Waals surface area contributed by atoms with E-state index in [1.807, 2.05) is 41.8 Å². The predicted octanol–water partition coefficient (Wildman–Crippen LogP) is 0.721. The van der Waals surface area contributed by atoms with E-state index >= 15 is 0 Å². The number of rotatable bonds is 4. The van der Waals surface area contributed by atoms with Crippen LogP contribution in [0.2, 0.25) is 0 Å². The maximum absolute atomic E-state index is 11.8. The van der Waals surface area contributed by atoms with Gasteiger partial charge in [-0.15, -0.1) is 0 Å². The zero-order chi connectivity index (χ0) is 18.8. The molecule has 1 unspecified atom stereocenters. The van der Waals surface area contributed by atoms with Gasteiger partial charge in [-0.3, -0.25) is 9.78 Å². The molecular weight excluding hydrogens is 339 g/mol. The molecule has 0 bridgehead atoms. The van der Waals surface area contributed by atoms with Crippen molar-refractivity contribution < 1.29 is 4.79 Å². The Labute approximate surface area is 159 Å². The Hall–Kier alpha value is -2.90. The van der Waals surface area contributed by atoms with Gasteiger partial charge in [0.1, 0.15) is 13.7 Å². The number of nitrogens with one attached hydrogen (secondary N) is 1. The maximum Gasteiger partial charge on any atom is 0.219 e. The summed E-state index contributed by atoms with van der Waals surface area (Å²) in [5.41, 5.74) is 4.03. The fourth-order valence-corrected chi connectivity index (χ4v) is 3.63. The van der Waals surface area contributed by atoms with E-state index in [0.717, 1.165) is 54.1 Å². The number of likely N-dealkylation sites (tertiary alicyclic amines) is 1. The van der Waals surface area contributed by atoms with Gasteiger partial charge >= 0.3 is 0 Å². The van der Waals surface area contributed by atoms with Crippen molar-refractivity contribution >= 4 is 30.7 Å². The van der Waals surface area contributed by atoms with Gasteiger partial charge in [-0.25, -0.2) is 4.98 Å². The lowest BCUT2D eigenvalue weighted by Crippen LogP contribution is -2.38. The minimum absolute atomic E-state index is 0.135. The van der Waals surface area contributed by atoms with Crippen molar-refractivity contribution in [3.05, 3.63) is 48.0 Å². The Bertz CT molecular complexity index is 957. The first-order chi connectivity index (χ1) is 13.1. The molecule has 1 fully saturated rings. The minimum atomic E-state index is 0.135. The minimum Gasteiger partial charge on any atom is -0.366 e. The summed E-state index contributed by atoms with van der Waals surface area (Å²) >= 11 is 0. The van der Waals surface area contributed by atoms with Gasteiger partial charge in [-0.1, -0.05) is 6.07 Å². The van der Waals surface area contributed by atoms with E-state index in [9.17, 15) is 4.79 Å². The van der Waals surface area contributed by atoms with Crippen molar-refractivity contribution in [2.24, 2.45) is 0 Å². The summed E-state index contributed by atoms with van der Waals surface area (Å²) in [6.45, 7) is 3.87. The molecule has 0 aromatic carbocycles. The fraction of sp³-hybridized carbons (Fsp3) is 0.368. The number of piperidine rings is 1. The molecule has 138 valence electrons. The summed E-state index contributed by atoms with van der Waals surface area (Å²) in [6, 6.07) is 6.05. The smallest absolute Gasteiger partial charge is 0.219 e. The first-order valence-corrected chi connectivity index (χ1v) is 9.35. The van der Waals surface area contributed by atoms with E-state index in [-0.39, 0.29) is 11.8 Å². The highest BCUT2D eigenvalue weighted by atomic mass is 16.2. The second-order valence-electron chi connectivity index (χ2n) is 7.15. The van der Waals surface area contributed by atoms with Gasteiger partial charge in [0.2, 0.25) is 5.91 Å². The lowest BCUT2D eigenvalue weighted by Gasteiger charge is -2.32. The Morgan fingerprint density at radius 1 is 1.41 bits per heavy atom. The van der Waals surface area contributed by atoms with Crippen LogP contribution in [0.5, 0.6) is 0 Å². The van der Waals surface area contributed by atoms with Crippen LogP contribution < -0.4 is 10.8 Å². The number of nitrogens with zero attached hydrogens (tertiary/aromatic N) is 5. The summed E-state index contributed by atoms with van der Waals surface area (Å²) in [4.78, 5) is 22.8. The van der Waals surface area contributed by atoms with E-state index in [1.165, 1.54) is 0 Å². The number of carbonyl (C=O) groups excluding carboxylic acids is 1. The summed E-state index contributed by atoms with van der Waals surface area (Å²) in [5.74, 6) is 1.30. The van der Waals surface area contributed by atoms with Crippen LogP contribution in [0.15, 0.2) is 36.8 Å². The van der Waals surface area contributed by atoms with Gasteiger partial charge in [0, 0.05) is 57.1 Å². The Morgan fingerprint density at radius 2 is 2.30 bits per heavy atom. The average molecular weight is 362 g/mol. The van der Waals surface area contributed by atoms with E-state index in [4.69, 9.17) is 4.98 Å². The highest BCUT2D eigenvalue weighted by Crippen LogP contribution is 2.27. The first-order valence-electron chi connectivity index (χ1n) is 9.35. The number of hydrogen-bond donors (Lipinski definition) is 1. The van der Waals surface area contributed by atoms with Crippen molar-refractivity contribution in [1.29, 1.82) is 0 Å². The summed E-state index contributed by atoms with van der Waals surface area (Å²) in [5, 5.41) is 7.94. The van der Waals surface area contributed by atoms with Crippen LogP contribution in [-0.4, -0.2) is 51.3 Å². The van der Waals surface area contributed by atoms with Crippen molar-refractivity contribution in [1.82, 2.24) is 24.5 Å². The van der Waals surface area contributed by atoms with Crippen molar-refractivity contribution in [3.63, 3.8) is 0 Å². The van der Waals surface area contributed by atoms with Gasteiger partial charge in [0.05, 0.1) is 5.69 Å². The Morgan fingerprint density at radius 3 is 3.07 bits per heavy atom. The highest BCUT2D eigenvalue weighted by molar-refractivity contribution is 6.36. The average Bonchev–Trinajstić information content (AvgIpc) is 3.08. The predicted molar refractivity (Wildman–Crippen MR) is 107 cm³/mol. The number of fused-ring (bicyclic) bond motifs is 1. The molecule has 0 aliphatic carbocycles. The number of hydrogen-bond acceptors (Lipinski definition) is 5. The van der Waals surface area contributed by atoms with E-state index in [2.05, 4.69) is 21.5 Å².